The van der Waals surface area contributed by atoms with E-state index in [2.05, 4.69) is 0 Å². The van der Waals surface area contributed by atoms with Gasteiger partial charge in [0.25, 0.3) is 0 Å². The van der Waals surface area contributed by atoms with E-state index < -0.39 is 0 Å². The fourth-order valence-corrected chi connectivity index (χ4v) is 1.11. The van der Waals surface area contributed by atoms with Crippen LogP contribution >= 0.6 is 12.2 Å². The van der Waals surface area contributed by atoms with Crippen LogP contribution in [0.4, 0.5) is 0 Å². The zero-order valence-corrected chi connectivity index (χ0v) is 7.19. The summed E-state index contributed by atoms with van der Waals surface area (Å²) in [6, 6.07) is 7.06. The molecule has 62 valence electrons. The summed E-state index contributed by atoms with van der Waals surface area (Å²) in [5.74, 6) is -0.0154. The van der Waals surface area contributed by atoms with Crippen LogP contribution in [0, 0.1) is 5.41 Å². The first-order valence-electron chi connectivity index (χ1n) is 3.36. The third kappa shape index (κ3) is 1.60. The number of hydrogen-bond donors (Lipinski definition) is 3. The molecule has 0 bridgehead atoms. The minimum absolute atomic E-state index is 0.0154. The number of nitrogens with one attached hydrogen (secondary N) is 1. The number of nitrogen functional groups attached to an aromatic ring is 1. The van der Waals surface area contributed by atoms with E-state index in [0.29, 0.717) is 11.1 Å². The fourth-order valence-electron chi connectivity index (χ4n) is 0.933. The number of amidine groups is 1. The molecular formula is C8H9N3S. The number of rotatable bonds is 2. The van der Waals surface area contributed by atoms with Crippen LogP contribution in [0.1, 0.15) is 11.1 Å². The van der Waals surface area contributed by atoms with Crippen molar-refractivity contribution < 1.29 is 0 Å². The molecule has 12 heavy (non-hydrogen) atoms. The predicted octanol–water partition coefficient (Wildman–Crippen LogP) is 0.605. The second-order valence-corrected chi connectivity index (χ2v) is 2.76. The van der Waals surface area contributed by atoms with Gasteiger partial charge in [-0.3, -0.25) is 5.41 Å². The Hall–Kier alpha value is -1.42. The molecule has 4 heteroatoms. The highest BCUT2D eigenvalue weighted by Crippen LogP contribution is 2.06. The molecule has 0 radical (unpaired) electrons. The van der Waals surface area contributed by atoms with Crippen molar-refractivity contribution in [2.24, 2.45) is 11.5 Å². The molecule has 1 rings (SSSR count). The van der Waals surface area contributed by atoms with E-state index in [1.54, 1.807) is 24.3 Å². The minimum atomic E-state index is -0.0154. The Bertz CT molecular complexity index is 300. The lowest BCUT2D eigenvalue weighted by atomic mass is 10.1. The van der Waals surface area contributed by atoms with Gasteiger partial charge in [0.15, 0.2) is 0 Å². The van der Waals surface area contributed by atoms with E-state index in [9.17, 15) is 0 Å². The lowest BCUT2D eigenvalue weighted by Gasteiger charge is -2.04. The maximum absolute atomic E-state index is 7.23. The van der Waals surface area contributed by atoms with Gasteiger partial charge in [0, 0.05) is 11.1 Å². The van der Waals surface area contributed by atoms with E-state index in [4.69, 9.17) is 29.1 Å². The predicted molar refractivity (Wildman–Crippen MR) is 53.3 cm³/mol. The maximum atomic E-state index is 7.23. The molecule has 0 amide bonds. The molecule has 0 heterocycles. The second-order valence-electron chi connectivity index (χ2n) is 2.32. The van der Waals surface area contributed by atoms with Gasteiger partial charge in [-0.05, 0) is 0 Å². The molecule has 0 aliphatic carbocycles. The van der Waals surface area contributed by atoms with E-state index >= 15 is 0 Å². The highest BCUT2D eigenvalue weighted by molar-refractivity contribution is 7.80. The molecule has 1 aromatic rings. The van der Waals surface area contributed by atoms with Crippen LogP contribution < -0.4 is 11.5 Å². The van der Waals surface area contributed by atoms with Crippen LogP contribution in [0.2, 0.25) is 0 Å². The van der Waals surface area contributed by atoms with E-state index in [0.717, 1.165) is 0 Å². The summed E-state index contributed by atoms with van der Waals surface area (Å²) in [7, 11) is 0. The van der Waals surface area contributed by atoms with Gasteiger partial charge in [0.05, 0.1) is 0 Å². The molecule has 0 aliphatic heterocycles. The Morgan fingerprint density at radius 3 is 2.00 bits per heavy atom. The largest absolute Gasteiger partial charge is 0.389 e. The van der Waals surface area contributed by atoms with Gasteiger partial charge in [0.2, 0.25) is 0 Å². The van der Waals surface area contributed by atoms with Crippen LogP contribution in [0.3, 0.4) is 0 Å². The average molecular weight is 179 g/mol. The fraction of sp³-hybridized carbons (Fsp3) is 0. The van der Waals surface area contributed by atoms with Crippen LogP contribution in [0.5, 0.6) is 0 Å². The Kier molecular flexibility index (Phi) is 2.40. The van der Waals surface area contributed by atoms with Crippen molar-refractivity contribution in [3.05, 3.63) is 35.4 Å². The molecule has 3 nitrogen and oxygen atoms in total. The lowest BCUT2D eigenvalue weighted by Crippen LogP contribution is -2.19. The van der Waals surface area contributed by atoms with Crippen LogP contribution in [0.25, 0.3) is 0 Å². The Labute approximate surface area is 75.9 Å². The van der Waals surface area contributed by atoms with Gasteiger partial charge in [-0.2, -0.15) is 0 Å². The Morgan fingerprint density at radius 1 is 1.17 bits per heavy atom. The number of hydrogen-bond acceptors (Lipinski definition) is 2. The Morgan fingerprint density at radius 2 is 1.67 bits per heavy atom. The van der Waals surface area contributed by atoms with Crippen LogP contribution in [-0.2, 0) is 0 Å². The SMILES string of the molecule is N=C(N)c1ccccc1C(N)=S. The van der Waals surface area contributed by atoms with Gasteiger partial charge in [-0.25, -0.2) is 0 Å². The van der Waals surface area contributed by atoms with Crippen molar-refractivity contribution in [3.8, 4) is 0 Å². The highest BCUT2D eigenvalue weighted by Gasteiger charge is 2.05. The molecule has 0 aliphatic rings. The van der Waals surface area contributed by atoms with Gasteiger partial charge in [-0.1, -0.05) is 36.5 Å². The first kappa shape index (κ1) is 8.67. The first-order chi connectivity index (χ1) is 5.63. The molecule has 0 atom stereocenters. The molecule has 0 aromatic heterocycles. The van der Waals surface area contributed by atoms with E-state index in [1.807, 2.05) is 0 Å². The number of thiocarbonyl (C=S) groups is 1. The smallest absolute Gasteiger partial charge is 0.123 e. The minimum Gasteiger partial charge on any atom is -0.389 e. The number of benzene rings is 1. The molecule has 5 N–H and O–H groups in total. The summed E-state index contributed by atoms with van der Waals surface area (Å²) in [5.41, 5.74) is 12.0. The third-order valence-corrected chi connectivity index (χ3v) is 1.70. The van der Waals surface area contributed by atoms with Crippen molar-refractivity contribution in [1.29, 1.82) is 5.41 Å². The molecule has 1 aromatic carbocycles. The summed E-state index contributed by atoms with van der Waals surface area (Å²) in [4.78, 5) is 0.265. The van der Waals surface area contributed by atoms with Crippen LogP contribution in [-0.4, -0.2) is 10.8 Å². The van der Waals surface area contributed by atoms with Crippen molar-refractivity contribution in [2.45, 2.75) is 0 Å². The lowest BCUT2D eigenvalue weighted by molar-refractivity contribution is 1.41. The summed E-state index contributed by atoms with van der Waals surface area (Å²) in [6.45, 7) is 0. The van der Waals surface area contributed by atoms with Crippen molar-refractivity contribution in [1.82, 2.24) is 0 Å². The monoisotopic (exact) mass is 179 g/mol. The maximum Gasteiger partial charge on any atom is 0.123 e. The van der Waals surface area contributed by atoms with E-state index in [1.165, 1.54) is 0 Å². The van der Waals surface area contributed by atoms with Crippen molar-refractivity contribution >= 4 is 23.0 Å². The molecule has 0 saturated heterocycles. The van der Waals surface area contributed by atoms with Crippen LogP contribution in [0.15, 0.2) is 24.3 Å². The summed E-state index contributed by atoms with van der Waals surface area (Å²) in [6.07, 6.45) is 0. The third-order valence-electron chi connectivity index (χ3n) is 1.48. The van der Waals surface area contributed by atoms with Crippen molar-refractivity contribution in [2.75, 3.05) is 0 Å². The first-order valence-corrected chi connectivity index (χ1v) is 3.77. The number of nitrogens with two attached hydrogens (primary N) is 2. The van der Waals surface area contributed by atoms with Gasteiger partial charge in [-0.15, -0.1) is 0 Å². The molecule has 0 fully saturated rings. The normalized spacial score (nSPS) is 9.33. The average Bonchev–Trinajstić information content (AvgIpc) is 2.04. The molecular weight excluding hydrogens is 170 g/mol. The molecule has 0 spiro atoms. The second kappa shape index (κ2) is 3.32. The topological polar surface area (TPSA) is 75.9 Å². The molecule has 0 unspecified atom stereocenters. The zero-order chi connectivity index (χ0) is 9.14. The van der Waals surface area contributed by atoms with Gasteiger partial charge >= 0.3 is 0 Å². The highest BCUT2D eigenvalue weighted by atomic mass is 32.1. The van der Waals surface area contributed by atoms with Gasteiger partial charge in [0.1, 0.15) is 10.8 Å². The van der Waals surface area contributed by atoms with Gasteiger partial charge < -0.3 is 11.5 Å². The quantitative estimate of drug-likeness (QED) is 0.353. The van der Waals surface area contributed by atoms with E-state index in [-0.39, 0.29) is 10.8 Å². The Balaban J connectivity index is 3.27. The summed E-state index contributed by atoms with van der Waals surface area (Å²) < 4.78 is 0. The van der Waals surface area contributed by atoms with Crippen molar-refractivity contribution in [3.63, 3.8) is 0 Å². The summed E-state index contributed by atoms with van der Waals surface area (Å²) >= 11 is 4.79. The standard InChI is InChI=1S/C8H9N3S/c9-7(10)5-3-1-2-4-6(5)8(11)12/h1-4H,(H3,9,10)(H2,11,12). The zero-order valence-electron chi connectivity index (χ0n) is 6.37. The summed E-state index contributed by atoms with van der Waals surface area (Å²) in [5, 5.41) is 7.23. The molecule has 0 saturated carbocycles.